The lowest BCUT2D eigenvalue weighted by atomic mass is 10.0. The first-order valence-corrected chi connectivity index (χ1v) is 5.55. The molecule has 0 saturated heterocycles. The first-order chi connectivity index (χ1) is 7.33. The summed E-state index contributed by atoms with van der Waals surface area (Å²) >= 11 is 11.5. The first-order valence-electron chi connectivity index (χ1n) is 4.80. The monoisotopic (exact) mass is 260 g/mol. The van der Waals surface area contributed by atoms with Crippen molar-refractivity contribution in [2.45, 2.75) is 25.6 Å². The molecule has 0 heterocycles. The molecule has 1 aromatic rings. The molecule has 0 aromatic heterocycles. The average molecular weight is 261 g/mol. The van der Waals surface area contributed by atoms with Crippen LogP contribution < -0.4 is 4.74 Å². The van der Waals surface area contributed by atoms with Crippen LogP contribution in [-0.4, -0.2) is 16.8 Å². The van der Waals surface area contributed by atoms with E-state index in [2.05, 4.69) is 6.58 Å². The Morgan fingerprint density at radius 2 is 2.12 bits per heavy atom. The fourth-order valence-electron chi connectivity index (χ4n) is 1.27. The molecule has 1 unspecified atom stereocenters. The maximum absolute atomic E-state index is 9.80. The van der Waals surface area contributed by atoms with Crippen LogP contribution in [0.1, 0.15) is 13.8 Å². The van der Waals surface area contributed by atoms with E-state index in [1.165, 1.54) is 0 Å². The van der Waals surface area contributed by atoms with E-state index in [0.717, 1.165) is 0 Å². The first kappa shape index (κ1) is 13.4. The largest absolute Gasteiger partial charge is 0.485 e. The Bertz CT molecular complexity index is 388. The Balaban J connectivity index is 2.84. The SMILES string of the molecule is C=C(Cl)C(O)C(C)(C)Oc1cccc(Cl)c1. The summed E-state index contributed by atoms with van der Waals surface area (Å²) < 4.78 is 5.63. The van der Waals surface area contributed by atoms with Crippen LogP contribution in [0, 0.1) is 0 Å². The zero-order valence-corrected chi connectivity index (χ0v) is 10.7. The van der Waals surface area contributed by atoms with Crippen LogP contribution in [0.5, 0.6) is 5.75 Å². The number of hydrogen-bond donors (Lipinski definition) is 1. The van der Waals surface area contributed by atoms with Crippen molar-refractivity contribution in [3.05, 3.63) is 40.9 Å². The highest BCUT2D eigenvalue weighted by Gasteiger charge is 2.31. The highest BCUT2D eigenvalue weighted by Crippen LogP contribution is 2.27. The van der Waals surface area contributed by atoms with Crippen molar-refractivity contribution in [1.82, 2.24) is 0 Å². The van der Waals surface area contributed by atoms with Gasteiger partial charge in [-0.15, -0.1) is 0 Å². The molecule has 4 heteroatoms. The summed E-state index contributed by atoms with van der Waals surface area (Å²) in [5, 5.41) is 10.5. The molecule has 16 heavy (non-hydrogen) atoms. The molecular formula is C12H14Cl2O2. The summed E-state index contributed by atoms with van der Waals surface area (Å²) in [6, 6.07) is 6.96. The van der Waals surface area contributed by atoms with E-state index in [4.69, 9.17) is 27.9 Å². The maximum Gasteiger partial charge on any atom is 0.134 e. The Kier molecular flexibility index (Phi) is 4.25. The molecule has 0 aliphatic heterocycles. The van der Waals surface area contributed by atoms with Gasteiger partial charge in [0.05, 0.1) is 0 Å². The molecule has 1 N–H and O–H groups in total. The van der Waals surface area contributed by atoms with Gasteiger partial charge >= 0.3 is 0 Å². The van der Waals surface area contributed by atoms with Crippen molar-refractivity contribution in [3.8, 4) is 5.75 Å². The van der Waals surface area contributed by atoms with Gasteiger partial charge in [0.25, 0.3) is 0 Å². The summed E-state index contributed by atoms with van der Waals surface area (Å²) in [5.41, 5.74) is -0.858. The zero-order valence-electron chi connectivity index (χ0n) is 9.21. The van der Waals surface area contributed by atoms with E-state index in [0.29, 0.717) is 10.8 Å². The zero-order chi connectivity index (χ0) is 12.3. The highest BCUT2D eigenvalue weighted by molar-refractivity contribution is 6.30. The van der Waals surface area contributed by atoms with Gasteiger partial charge in [-0.1, -0.05) is 35.8 Å². The van der Waals surface area contributed by atoms with Crippen LogP contribution in [0.25, 0.3) is 0 Å². The summed E-state index contributed by atoms with van der Waals surface area (Å²) in [4.78, 5) is 0. The number of rotatable bonds is 4. The van der Waals surface area contributed by atoms with E-state index in [9.17, 15) is 5.11 Å². The third kappa shape index (κ3) is 3.41. The second kappa shape index (κ2) is 5.09. The van der Waals surface area contributed by atoms with Crippen molar-refractivity contribution in [2.75, 3.05) is 0 Å². The van der Waals surface area contributed by atoms with E-state index in [-0.39, 0.29) is 5.03 Å². The smallest absolute Gasteiger partial charge is 0.134 e. The molecule has 0 fully saturated rings. The minimum atomic E-state index is -0.951. The number of benzene rings is 1. The molecular weight excluding hydrogens is 247 g/mol. The van der Waals surface area contributed by atoms with Crippen molar-refractivity contribution in [1.29, 1.82) is 0 Å². The molecule has 88 valence electrons. The standard InChI is InChI=1S/C12H14Cl2O2/c1-8(13)11(15)12(2,3)16-10-6-4-5-9(14)7-10/h4-7,11,15H,1H2,2-3H3. The lowest BCUT2D eigenvalue weighted by Crippen LogP contribution is -2.42. The van der Waals surface area contributed by atoms with Gasteiger partial charge in [-0.2, -0.15) is 0 Å². The van der Waals surface area contributed by atoms with Crippen LogP contribution in [0.2, 0.25) is 5.02 Å². The van der Waals surface area contributed by atoms with Gasteiger partial charge in [0.15, 0.2) is 0 Å². The van der Waals surface area contributed by atoms with E-state index in [1.54, 1.807) is 38.1 Å². The molecule has 0 spiro atoms. The van der Waals surface area contributed by atoms with Gasteiger partial charge in [-0.05, 0) is 32.0 Å². The second-order valence-electron chi connectivity index (χ2n) is 4.01. The lowest BCUT2D eigenvalue weighted by Gasteiger charge is -2.31. The number of aliphatic hydroxyl groups excluding tert-OH is 1. The van der Waals surface area contributed by atoms with Crippen molar-refractivity contribution in [2.24, 2.45) is 0 Å². The summed E-state index contributed by atoms with van der Waals surface area (Å²) in [6.45, 7) is 6.95. The fraction of sp³-hybridized carbons (Fsp3) is 0.333. The van der Waals surface area contributed by atoms with E-state index < -0.39 is 11.7 Å². The Morgan fingerprint density at radius 3 is 2.62 bits per heavy atom. The minimum absolute atomic E-state index is 0.145. The Morgan fingerprint density at radius 1 is 1.50 bits per heavy atom. The minimum Gasteiger partial charge on any atom is -0.485 e. The fourth-order valence-corrected chi connectivity index (χ4v) is 1.71. The van der Waals surface area contributed by atoms with Gasteiger partial charge in [0.2, 0.25) is 0 Å². The predicted octanol–water partition coefficient (Wildman–Crippen LogP) is 3.61. The van der Waals surface area contributed by atoms with Crippen LogP contribution >= 0.6 is 23.2 Å². The van der Waals surface area contributed by atoms with Crippen molar-refractivity contribution >= 4 is 23.2 Å². The molecule has 0 amide bonds. The van der Waals surface area contributed by atoms with Gasteiger partial charge in [-0.3, -0.25) is 0 Å². The van der Waals surface area contributed by atoms with Crippen LogP contribution in [0.4, 0.5) is 0 Å². The molecule has 0 saturated carbocycles. The maximum atomic E-state index is 9.80. The molecule has 0 aliphatic carbocycles. The number of ether oxygens (including phenoxy) is 1. The molecule has 1 rings (SSSR count). The summed E-state index contributed by atoms with van der Waals surface area (Å²) in [5.74, 6) is 0.578. The molecule has 0 radical (unpaired) electrons. The molecule has 2 nitrogen and oxygen atoms in total. The topological polar surface area (TPSA) is 29.5 Å². The molecule has 0 aliphatic rings. The van der Waals surface area contributed by atoms with Gasteiger partial charge in [0, 0.05) is 10.1 Å². The van der Waals surface area contributed by atoms with E-state index in [1.807, 2.05) is 0 Å². The molecule has 1 atom stereocenters. The van der Waals surface area contributed by atoms with Gasteiger partial charge in [-0.25, -0.2) is 0 Å². The van der Waals surface area contributed by atoms with Crippen LogP contribution in [0.3, 0.4) is 0 Å². The molecule has 1 aromatic carbocycles. The Hall–Kier alpha value is -0.700. The number of hydrogen-bond acceptors (Lipinski definition) is 2. The van der Waals surface area contributed by atoms with Crippen LogP contribution in [0.15, 0.2) is 35.9 Å². The predicted molar refractivity (Wildman–Crippen MR) is 67.2 cm³/mol. The van der Waals surface area contributed by atoms with Gasteiger partial charge in [0.1, 0.15) is 17.5 Å². The summed E-state index contributed by atoms with van der Waals surface area (Å²) in [7, 11) is 0. The quantitative estimate of drug-likeness (QED) is 0.897. The van der Waals surface area contributed by atoms with Gasteiger partial charge < -0.3 is 9.84 Å². The third-order valence-electron chi connectivity index (χ3n) is 2.13. The average Bonchev–Trinajstić information content (AvgIpc) is 2.15. The third-order valence-corrected chi connectivity index (χ3v) is 2.57. The van der Waals surface area contributed by atoms with Crippen LogP contribution in [-0.2, 0) is 0 Å². The summed E-state index contributed by atoms with van der Waals surface area (Å²) in [6.07, 6.45) is -0.951. The highest BCUT2D eigenvalue weighted by atomic mass is 35.5. The number of aliphatic hydroxyl groups is 1. The number of halogens is 2. The van der Waals surface area contributed by atoms with Crippen molar-refractivity contribution < 1.29 is 9.84 Å². The van der Waals surface area contributed by atoms with Crippen molar-refractivity contribution in [3.63, 3.8) is 0 Å². The second-order valence-corrected chi connectivity index (χ2v) is 4.93. The van der Waals surface area contributed by atoms with E-state index >= 15 is 0 Å². The molecule has 0 bridgehead atoms. The lowest BCUT2D eigenvalue weighted by molar-refractivity contribution is -0.00391. The Labute approximate surface area is 105 Å². The normalized spacial score (nSPS) is 13.3.